The van der Waals surface area contributed by atoms with E-state index in [4.69, 9.17) is 16.7 Å². The number of hydrogen-bond donors (Lipinski definition) is 1. The summed E-state index contributed by atoms with van der Waals surface area (Å²) in [7, 11) is 0. The molecule has 0 atom stereocenters. The SMILES string of the molecule is O=C(CCCO)Cc1ccc(Cl)cc1F. The van der Waals surface area contributed by atoms with Gasteiger partial charge in [-0.2, -0.15) is 0 Å². The average Bonchev–Trinajstić information content (AvgIpc) is 2.19. The van der Waals surface area contributed by atoms with E-state index < -0.39 is 5.82 Å². The molecule has 0 amide bonds. The highest BCUT2D eigenvalue weighted by atomic mass is 35.5. The number of hydrogen-bond acceptors (Lipinski definition) is 2. The highest BCUT2D eigenvalue weighted by Gasteiger charge is 2.08. The van der Waals surface area contributed by atoms with Crippen LogP contribution in [-0.2, 0) is 11.2 Å². The summed E-state index contributed by atoms with van der Waals surface area (Å²) >= 11 is 5.58. The summed E-state index contributed by atoms with van der Waals surface area (Å²) in [4.78, 5) is 11.3. The molecule has 1 rings (SSSR count). The van der Waals surface area contributed by atoms with E-state index in [0.717, 1.165) is 0 Å². The Balaban J connectivity index is 2.60. The predicted octanol–water partition coefficient (Wildman–Crippen LogP) is 2.36. The number of rotatable bonds is 5. The Hall–Kier alpha value is -0.930. The lowest BCUT2D eigenvalue weighted by molar-refractivity contribution is -0.118. The summed E-state index contributed by atoms with van der Waals surface area (Å²) in [6, 6.07) is 4.25. The van der Waals surface area contributed by atoms with Gasteiger partial charge in [0.05, 0.1) is 0 Å². The van der Waals surface area contributed by atoms with Crippen LogP contribution in [-0.4, -0.2) is 17.5 Å². The first-order chi connectivity index (χ1) is 7.13. The van der Waals surface area contributed by atoms with Crippen molar-refractivity contribution in [1.29, 1.82) is 0 Å². The van der Waals surface area contributed by atoms with E-state index in [-0.39, 0.29) is 25.2 Å². The van der Waals surface area contributed by atoms with Gasteiger partial charge in [0.2, 0.25) is 0 Å². The fraction of sp³-hybridized carbons (Fsp3) is 0.364. The third-order valence-corrected chi connectivity index (χ3v) is 2.25. The Morgan fingerprint density at radius 1 is 1.47 bits per heavy atom. The fourth-order valence-corrected chi connectivity index (χ4v) is 1.40. The van der Waals surface area contributed by atoms with Gasteiger partial charge in [-0.25, -0.2) is 4.39 Å². The highest BCUT2D eigenvalue weighted by Crippen LogP contribution is 2.15. The molecule has 0 aliphatic carbocycles. The normalized spacial score (nSPS) is 10.3. The molecule has 1 aromatic carbocycles. The summed E-state index contributed by atoms with van der Waals surface area (Å²) in [5.74, 6) is -0.537. The van der Waals surface area contributed by atoms with E-state index in [9.17, 15) is 9.18 Å². The molecule has 0 fully saturated rings. The third-order valence-electron chi connectivity index (χ3n) is 2.02. The molecule has 0 saturated carbocycles. The van der Waals surface area contributed by atoms with Crippen molar-refractivity contribution in [3.05, 3.63) is 34.6 Å². The van der Waals surface area contributed by atoms with Gasteiger partial charge < -0.3 is 5.11 Å². The molecule has 2 nitrogen and oxygen atoms in total. The van der Waals surface area contributed by atoms with Crippen molar-refractivity contribution in [2.24, 2.45) is 0 Å². The molecule has 82 valence electrons. The van der Waals surface area contributed by atoms with Crippen LogP contribution in [0.15, 0.2) is 18.2 Å². The second-order valence-corrected chi connectivity index (χ2v) is 3.71. The molecule has 0 aromatic heterocycles. The van der Waals surface area contributed by atoms with Gasteiger partial charge in [0.1, 0.15) is 11.6 Å². The number of carbonyl (C=O) groups is 1. The zero-order valence-electron chi connectivity index (χ0n) is 8.17. The summed E-state index contributed by atoms with van der Waals surface area (Å²) in [5.41, 5.74) is 0.349. The smallest absolute Gasteiger partial charge is 0.137 e. The van der Waals surface area contributed by atoms with Crippen molar-refractivity contribution in [2.75, 3.05) is 6.61 Å². The Labute approximate surface area is 92.7 Å². The second kappa shape index (κ2) is 5.83. The van der Waals surface area contributed by atoms with E-state index in [1.807, 2.05) is 0 Å². The van der Waals surface area contributed by atoms with E-state index >= 15 is 0 Å². The van der Waals surface area contributed by atoms with Gasteiger partial charge in [-0.05, 0) is 24.1 Å². The quantitative estimate of drug-likeness (QED) is 0.843. The molecule has 1 aromatic rings. The Bertz CT molecular complexity index is 352. The minimum Gasteiger partial charge on any atom is -0.396 e. The number of ketones is 1. The molecule has 0 unspecified atom stereocenters. The maximum atomic E-state index is 13.2. The summed E-state index contributed by atoms with van der Waals surface area (Å²) in [6.07, 6.45) is 0.760. The van der Waals surface area contributed by atoms with Crippen LogP contribution < -0.4 is 0 Å². The van der Waals surface area contributed by atoms with Gasteiger partial charge >= 0.3 is 0 Å². The Morgan fingerprint density at radius 3 is 2.80 bits per heavy atom. The van der Waals surface area contributed by atoms with Crippen LogP contribution in [0.3, 0.4) is 0 Å². The predicted molar refractivity (Wildman–Crippen MR) is 56.4 cm³/mol. The Morgan fingerprint density at radius 2 is 2.20 bits per heavy atom. The lowest BCUT2D eigenvalue weighted by Crippen LogP contribution is -2.05. The van der Waals surface area contributed by atoms with Crippen molar-refractivity contribution in [1.82, 2.24) is 0 Å². The van der Waals surface area contributed by atoms with E-state index in [1.165, 1.54) is 12.1 Å². The van der Waals surface area contributed by atoms with Crippen LogP contribution in [0.5, 0.6) is 0 Å². The second-order valence-electron chi connectivity index (χ2n) is 3.28. The number of aliphatic hydroxyl groups excluding tert-OH is 1. The van der Waals surface area contributed by atoms with Crippen molar-refractivity contribution < 1.29 is 14.3 Å². The van der Waals surface area contributed by atoms with Crippen LogP contribution in [0.1, 0.15) is 18.4 Å². The minimum atomic E-state index is -0.458. The van der Waals surface area contributed by atoms with Crippen LogP contribution in [0.2, 0.25) is 5.02 Å². The molecular weight excluding hydrogens is 219 g/mol. The topological polar surface area (TPSA) is 37.3 Å². The van der Waals surface area contributed by atoms with Gasteiger partial charge in [-0.1, -0.05) is 17.7 Å². The number of Topliss-reactive ketones (excluding diaryl/α,β-unsaturated/α-hetero) is 1. The van der Waals surface area contributed by atoms with Crippen molar-refractivity contribution >= 4 is 17.4 Å². The lowest BCUT2D eigenvalue weighted by Gasteiger charge is -2.02. The monoisotopic (exact) mass is 230 g/mol. The van der Waals surface area contributed by atoms with Crippen molar-refractivity contribution in [2.45, 2.75) is 19.3 Å². The zero-order chi connectivity index (χ0) is 11.3. The zero-order valence-corrected chi connectivity index (χ0v) is 8.93. The third kappa shape index (κ3) is 3.98. The van der Waals surface area contributed by atoms with Gasteiger partial charge in [-0.3, -0.25) is 4.79 Å². The maximum Gasteiger partial charge on any atom is 0.137 e. The average molecular weight is 231 g/mol. The molecule has 0 spiro atoms. The summed E-state index contributed by atoms with van der Waals surface area (Å²) < 4.78 is 13.2. The number of aliphatic hydroxyl groups is 1. The van der Waals surface area contributed by atoms with Gasteiger partial charge in [0.25, 0.3) is 0 Å². The molecule has 0 heterocycles. The summed E-state index contributed by atoms with van der Waals surface area (Å²) in [5, 5.41) is 8.85. The molecule has 1 N–H and O–H groups in total. The molecule has 0 saturated heterocycles. The molecular formula is C11H12ClFO2. The van der Waals surface area contributed by atoms with Crippen molar-refractivity contribution in [3.8, 4) is 0 Å². The first-order valence-electron chi connectivity index (χ1n) is 4.70. The molecule has 0 bridgehead atoms. The fourth-order valence-electron chi connectivity index (χ4n) is 1.24. The lowest BCUT2D eigenvalue weighted by atomic mass is 10.1. The highest BCUT2D eigenvalue weighted by molar-refractivity contribution is 6.30. The van der Waals surface area contributed by atoms with E-state index in [0.29, 0.717) is 17.0 Å². The largest absolute Gasteiger partial charge is 0.396 e. The van der Waals surface area contributed by atoms with Crippen LogP contribution in [0.25, 0.3) is 0 Å². The first kappa shape index (κ1) is 12.1. The standard InChI is InChI=1S/C11H12ClFO2/c12-9-4-3-8(11(13)7-9)6-10(15)2-1-5-14/h3-4,7,14H,1-2,5-6H2. The van der Waals surface area contributed by atoms with Gasteiger partial charge in [-0.15, -0.1) is 0 Å². The number of halogens is 2. The van der Waals surface area contributed by atoms with Crippen LogP contribution in [0, 0.1) is 5.82 Å². The van der Waals surface area contributed by atoms with Crippen LogP contribution in [0.4, 0.5) is 4.39 Å². The van der Waals surface area contributed by atoms with Gasteiger partial charge in [0.15, 0.2) is 0 Å². The first-order valence-corrected chi connectivity index (χ1v) is 5.07. The van der Waals surface area contributed by atoms with Crippen molar-refractivity contribution in [3.63, 3.8) is 0 Å². The maximum absolute atomic E-state index is 13.2. The van der Waals surface area contributed by atoms with E-state index in [1.54, 1.807) is 6.07 Å². The molecule has 4 heteroatoms. The van der Waals surface area contributed by atoms with Gasteiger partial charge in [0, 0.05) is 24.5 Å². The molecule has 15 heavy (non-hydrogen) atoms. The molecule has 0 radical (unpaired) electrons. The Kier molecular flexibility index (Phi) is 4.72. The number of carbonyl (C=O) groups excluding carboxylic acids is 1. The minimum absolute atomic E-state index is 0.0190. The van der Waals surface area contributed by atoms with E-state index in [2.05, 4.69) is 0 Å². The van der Waals surface area contributed by atoms with Crippen LogP contribution >= 0.6 is 11.6 Å². The molecule has 0 aliphatic rings. The number of benzene rings is 1. The molecule has 0 aliphatic heterocycles. The summed E-state index contributed by atoms with van der Waals surface area (Å²) in [6.45, 7) is -0.0190.